The molecule has 0 unspecified atom stereocenters. The number of amides is 3. The minimum absolute atomic E-state index is 0.147. The van der Waals surface area contributed by atoms with Gasteiger partial charge in [0.05, 0.1) is 34.2 Å². The Kier molecular flexibility index (Phi) is 8.87. The molecule has 0 aliphatic rings. The number of carbonyl (C=O) groups is 2. The van der Waals surface area contributed by atoms with E-state index in [9.17, 15) is 9.59 Å². The van der Waals surface area contributed by atoms with Crippen LogP contribution < -0.4 is 15.4 Å². The van der Waals surface area contributed by atoms with Gasteiger partial charge in [-0.2, -0.15) is 5.10 Å². The molecule has 3 amide bonds. The van der Waals surface area contributed by atoms with Gasteiger partial charge in [0, 0.05) is 18.0 Å². The van der Waals surface area contributed by atoms with Crippen LogP contribution in [0.2, 0.25) is 10.0 Å². The van der Waals surface area contributed by atoms with Gasteiger partial charge in [0.2, 0.25) is 5.91 Å². The van der Waals surface area contributed by atoms with E-state index in [0.717, 1.165) is 5.69 Å². The molecule has 0 fully saturated rings. The van der Waals surface area contributed by atoms with Crippen LogP contribution in [0.1, 0.15) is 39.8 Å². The van der Waals surface area contributed by atoms with E-state index >= 15 is 0 Å². The van der Waals surface area contributed by atoms with E-state index in [-0.39, 0.29) is 17.9 Å². The number of carbonyl (C=O) groups excluding carboxylic acids is 2. The number of nitrogens with one attached hydrogen (secondary N) is 2. The van der Waals surface area contributed by atoms with Crippen molar-refractivity contribution in [3.05, 3.63) is 64.3 Å². The molecule has 2 N–H and O–H groups in total. The van der Waals surface area contributed by atoms with Crippen molar-refractivity contribution in [1.82, 2.24) is 14.7 Å². The molecule has 1 aromatic heterocycles. The Balaban J connectivity index is 1.83. The summed E-state index contributed by atoms with van der Waals surface area (Å²) < 4.78 is 6.92. The van der Waals surface area contributed by atoms with Gasteiger partial charge in [-0.25, -0.2) is 9.48 Å². The normalized spacial score (nSPS) is 11.2. The molecule has 0 saturated heterocycles. The molecule has 0 aliphatic carbocycles. The van der Waals surface area contributed by atoms with Crippen LogP contribution >= 0.6 is 23.2 Å². The molecule has 192 valence electrons. The zero-order chi connectivity index (χ0) is 26.5. The standard InChI is InChI=1S/C26H31Cl2N5O3/c1-6-13-32(25(35)29-20-9-7-8-10-21(20)36-5)16-24(34)30-23-15-22(26(2,3)4)31-33(23)17-11-12-18(27)19(28)14-17/h7-12,14-15H,6,13,16H2,1-5H3,(H,29,35)(H,30,34). The van der Waals surface area contributed by atoms with E-state index in [1.54, 1.807) is 41.1 Å². The molecule has 0 spiro atoms. The Hall–Kier alpha value is -3.23. The monoisotopic (exact) mass is 531 g/mol. The molecular weight excluding hydrogens is 501 g/mol. The molecule has 0 radical (unpaired) electrons. The first kappa shape index (κ1) is 27.4. The molecule has 36 heavy (non-hydrogen) atoms. The predicted molar refractivity (Wildman–Crippen MR) is 145 cm³/mol. The lowest BCUT2D eigenvalue weighted by Crippen LogP contribution is -2.41. The fourth-order valence-corrected chi connectivity index (χ4v) is 3.76. The van der Waals surface area contributed by atoms with Crippen LogP contribution in [0.15, 0.2) is 48.5 Å². The first-order valence-electron chi connectivity index (χ1n) is 11.6. The van der Waals surface area contributed by atoms with Gasteiger partial charge in [-0.15, -0.1) is 0 Å². The van der Waals surface area contributed by atoms with Crippen LogP contribution in [0.5, 0.6) is 5.75 Å². The molecule has 0 saturated carbocycles. The number of hydrogen-bond acceptors (Lipinski definition) is 4. The molecule has 8 nitrogen and oxygen atoms in total. The van der Waals surface area contributed by atoms with Gasteiger partial charge in [0.1, 0.15) is 18.1 Å². The summed E-state index contributed by atoms with van der Waals surface area (Å²) in [5, 5.41) is 11.2. The Labute approximate surface area is 221 Å². The third-order valence-electron chi connectivity index (χ3n) is 5.36. The number of methoxy groups -OCH3 is 1. The van der Waals surface area contributed by atoms with Crippen LogP contribution in [0.25, 0.3) is 5.69 Å². The number of benzene rings is 2. The highest BCUT2D eigenvalue weighted by Gasteiger charge is 2.23. The first-order chi connectivity index (χ1) is 17.0. The van der Waals surface area contributed by atoms with Crippen molar-refractivity contribution in [3.63, 3.8) is 0 Å². The highest BCUT2D eigenvalue weighted by atomic mass is 35.5. The zero-order valence-electron chi connectivity index (χ0n) is 21.1. The van der Waals surface area contributed by atoms with E-state index in [1.165, 1.54) is 12.0 Å². The van der Waals surface area contributed by atoms with Crippen LogP contribution in [0.4, 0.5) is 16.3 Å². The van der Waals surface area contributed by atoms with Crippen LogP contribution in [-0.2, 0) is 10.2 Å². The summed E-state index contributed by atoms with van der Waals surface area (Å²) >= 11 is 12.3. The van der Waals surface area contributed by atoms with E-state index < -0.39 is 6.03 Å². The van der Waals surface area contributed by atoms with Crippen molar-refractivity contribution < 1.29 is 14.3 Å². The van der Waals surface area contributed by atoms with Gasteiger partial charge in [-0.3, -0.25) is 4.79 Å². The SMILES string of the molecule is CCCN(CC(=O)Nc1cc(C(C)(C)C)nn1-c1ccc(Cl)c(Cl)c1)C(=O)Nc1ccccc1OC. The number of nitrogens with zero attached hydrogens (tertiary/aromatic N) is 3. The molecular formula is C26H31Cl2N5O3. The molecule has 3 rings (SSSR count). The Morgan fingerprint density at radius 2 is 1.78 bits per heavy atom. The molecule has 10 heteroatoms. The molecule has 1 heterocycles. The minimum atomic E-state index is -0.398. The number of anilines is 2. The number of rotatable bonds is 8. The third-order valence-corrected chi connectivity index (χ3v) is 6.10. The maximum atomic E-state index is 13.1. The minimum Gasteiger partial charge on any atom is -0.495 e. The number of hydrogen-bond donors (Lipinski definition) is 2. The number of ether oxygens (including phenoxy) is 1. The average molecular weight is 532 g/mol. The Bertz CT molecular complexity index is 1240. The van der Waals surface area contributed by atoms with Crippen molar-refractivity contribution in [1.29, 1.82) is 0 Å². The second-order valence-corrected chi connectivity index (χ2v) is 10.1. The highest BCUT2D eigenvalue weighted by Crippen LogP contribution is 2.29. The van der Waals surface area contributed by atoms with E-state index in [1.807, 2.05) is 39.8 Å². The van der Waals surface area contributed by atoms with Gasteiger partial charge >= 0.3 is 6.03 Å². The molecule has 3 aromatic rings. The summed E-state index contributed by atoms with van der Waals surface area (Å²) in [5.41, 5.74) is 1.70. The van der Waals surface area contributed by atoms with Crippen molar-refractivity contribution in [2.45, 2.75) is 39.5 Å². The largest absolute Gasteiger partial charge is 0.495 e. The lowest BCUT2D eigenvalue weighted by Gasteiger charge is -2.22. The molecule has 0 atom stereocenters. The van der Waals surface area contributed by atoms with E-state index in [4.69, 9.17) is 33.0 Å². The number of para-hydroxylation sites is 2. The summed E-state index contributed by atoms with van der Waals surface area (Å²) in [6, 6.07) is 13.7. The second-order valence-electron chi connectivity index (χ2n) is 9.28. The average Bonchev–Trinajstić information content (AvgIpc) is 3.25. The maximum Gasteiger partial charge on any atom is 0.322 e. The van der Waals surface area contributed by atoms with Crippen molar-refractivity contribution >= 4 is 46.6 Å². The molecule has 2 aromatic carbocycles. The maximum absolute atomic E-state index is 13.1. The Morgan fingerprint density at radius 1 is 1.06 bits per heavy atom. The number of aromatic nitrogens is 2. The van der Waals surface area contributed by atoms with Gasteiger partial charge in [0.25, 0.3) is 0 Å². The summed E-state index contributed by atoms with van der Waals surface area (Å²) in [6.07, 6.45) is 0.683. The van der Waals surface area contributed by atoms with Crippen molar-refractivity contribution in [2.24, 2.45) is 0 Å². The Morgan fingerprint density at radius 3 is 2.42 bits per heavy atom. The molecule has 0 aliphatic heterocycles. The van der Waals surface area contributed by atoms with Crippen LogP contribution in [0, 0.1) is 0 Å². The smallest absolute Gasteiger partial charge is 0.322 e. The first-order valence-corrected chi connectivity index (χ1v) is 12.3. The van der Waals surface area contributed by atoms with Crippen LogP contribution in [0.3, 0.4) is 0 Å². The van der Waals surface area contributed by atoms with E-state index in [0.29, 0.717) is 46.0 Å². The van der Waals surface area contributed by atoms with Gasteiger partial charge in [-0.05, 0) is 36.8 Å². The zero-order valence-corrected chi connectivity index (χ0v) is 22.6. The fourth-order valence-electron chi connectivity index (χ4n) is 3.47. The summed E-state index contributed by atoms with van der Waals surface area (Å²) in [4.78, 5) is 27.5. The van der Waals surface area contributed by atoms with Gasteiger partial charge in [0.15, 0.2) is 0 Å². The van der Waals surface area contributed by atoms with Gasteiger partial charge < -0.3 is 20.3 Å². The van der Waals surface area contributed by atoms with E-state index in [2.05, 4.69) is 10.6 Å². The number of urea groups is 1. The van der Waals surface area contributed by atoms with Gasteiger partial charge in [-0.1, -0.05) is 63.0 Å². The fraction of sp³-hybridized carbons (Fsp3) is 0.346. The topological polar surface area (TPSA) is 88.5 Å². The van der Waals surface area contributed by atoms with Crippen molar-refractivity contribution in [2.75, 3.05) is 30.8 Å². The number of halogens is 2. The third kappa shape index (κ3) is 6.71. The summed E-state index contributed by atoms with van der Waals surface area (Å²) in [5.74, 6) is 0.636. The lowest BCUT2D eigenvalue weighted by atomic mass is 9.92. The summed E-state index contributed by atoms with van der Waals surface area (Å²) in [7, 11) is 1.53. The highest BCUT2D eigenvalue weighted by molar-refractivity contribution is 6.42. The van der Waals surface area contributed by atoms with Crippen LogP contribution in [-0.4, -0.2) is 46.8 Å². The lowest BCUT2D eigenvalue weighted by molar-refractivity contribution is -0.116. The second kappa shape index (κ2) is 11.7. The molecule has 0 bridgehead atoms. The summed E-state index contributed by atoms with van der Waals surface area (Å²) in [6.45, 7) is 8.29. The predicted octanol–water partition coefficient (Wildman–Crippen LogP) is 6.37. The quantitative estimate of drug-likeness (QED) is 0.353. The van der Waals surface area contributed by atoms with Crippen molar-refractivity contribution in [3.8, 4) is 11.4 Å².